The van der Waals surface area contributed by atoms with Crippen molar-refractivity contribution in [3.8, 4) is 5.75 Å². The Hall–Kier alpha value is -4.13. The minimum Gasteiger partial charge on any atom is -0.484 e. The number of hydrogen-bond acceptors (Lipinski definition) is 4. The number of benzene rings is 3. The van der Waals surface area contributed by atoms with Crippen molar-refractivity contribution in [1.29, 1.82) is 0 Å². The zero-order valence-corrected chi connectivity index (χ0v) is 25.3. The van der Waals surface area contributed by atoms with Crippen LogP contribution < -0.4 is 15.4 Å². The van der Waals surface area contributed by atoms with E-state index in [1.54, 1.807) is 11.9 Å². The van der Waals surface area contributed by atoms with Gasteiger partial charge < -0.3 is 20.3 Å². The van der Waals surface area contributed by atoms with Crippen LogP contribution in [0.25, 0.3) is 0 Å². The van der Waals surface area contributed by atoms with Gasteiger partial charge in [-0.2, -0.15) is 0 Å². The molecule has 3 aromatic carbocycles. The fraction of sp³-hybridized carbons (Fsp3) is 0.400. The minimum atomic E-state index is -0.134. The Labute approximate surface area is 250 Å². The third-order valence-corrected chi connectivity index (χ3v) is 7.27. The highest BCUT2D eigenvalue weighted by Crippen LogP contribution is 2.14. The van der Waals surface area contributed by atoms with Crippen LogP contribution in [0.5, 0.6) is 5.75 Å². The quantitative estimate of drug-likeness (QED) is 0.219. The van der Waals surface area contributed by atoms with Crippen LogP contribution in [-0.4, -0.2) is 49.9 Å². The summed E-state index contributed by atoms with van der Waals surface area (Å²) in [6, 6.07) is 24.4. The highest BCUT2D eigenvalue weighted by molar-refractivity contribution is 5.77. The summed E-state index contributed by atoms with van der Waals surface area (Å²) in [6.45, 7) is 3.16. The van der Waals surface area contributed by atoms with E-state index < -0.39 is 0 Å². The number of carbonyl (C=O) groups is 3. The second kappa shape index (κ2) is 17.6. The van der Waals surface area contributed by atoms with Crippen LogP contribution in [0.2, 0.25) is 0 Å². The van der Waals surface area contributed by atoms with Crippen molar-refractivity contribution in [3.63, 3.8) is 0 Å². The van der Waals surface area contributed by atoms with E-state index in [-0.39, 0.29) is 24.3 Å². The van der Waals surface area contributed by atoms with Gasteiger partial charge in [-0.25, -0.2) is 0 Å². The summed E-state index contributed by atoms with van der Waals surface area (Å²) >= 11 is 0. The van der Waals surface area contributed by atoms with Crippen molar-refractivity contribution >= 4 is 17.7 Å². The monoisotopic (exact) mass is 571 g/mol. The van der Waals surface area contributed by atoms with E-state index in [1.807, 2.05) is 38.2 Å². The number of nitrogens with one attached hydrogen (secondary N) is 2. The molecule has 0 aliphatic heterocycles. The summed E-state index contributed by atoms with van der Waals surface area (Å²) in [5, 5.41) is 5.55. The molecule has 0 radical (unpaired) electrons. The summed E-state index contributed by atoms with van der Waals surface area (Å²) < 4.78 is 5.52. The number of unbranched alkanes of at least 4 members (excludes halogenated alkanes) is 1. The standard InChI is InChI=1S/C35H45N3O4/c1-27-11-21-32(22-12-27)42-26-34(40)37-24-23-30-15-13-29(14-16-30)8-6-10-35(41)38(3)25-31-19-17-28(18-20-31)7-4-5-9-33(39)36-2/h11-22H,4-10,23-26H2,1-3H3,(H,36,39)(H,37,40). The molecule has 2 N–H and O–H groups in total. The number of amides is 3. The molecule has 0 saturated carbocycles. The van der Waals surface area contributed by atoms with Crippen LogP contribution in [0.4, 0.5) is 0 Å². The molecular formula is C35H45N3O4. The maximum Gasteiger partial charge on any atom is 0.257 e. The largest absolute Gasteiger partial charge is 0.484 e. The number of nitrogens with zero attached hydrogens (tertiary/aromatic N) is 1. The van der Waals surface area contributed by atoms with Crippen molar-refractivity contribution in [2.45, 2.75) is 64.8 Å². The van der Waals surface area contributed by atoms with Crippen molar-refractivity contribution < 1.29 is 19.1 Å². The lowest BCUT2D eigenvalue weighted by Crippen LogP contribution is -2.30. The zero-order chi connectivity index (χ0) is 30.2. The molecule has 7 nitrogen and oxygen atoms in total. The van der Waals surface area contributed by atoms with E-state index in [0.717, 1.165) is 55.2 Å². The molecule has 3 amide bonds. The third kappa shape index (κ3) is 12.2. The number of hydrogen-bond donors (Lipinski definition) is 2. The first-order valence-corrected chi connectivity index (χ1v) is 14.9. The van der Waals surface area contributed by atoms with E-state index in [2.05, 4.69) is 59.2 Å². The maximum atomic E-state index is 12.7. The molecule has 0 heterocycles. The summed E-state index contributed by atoms with van der Waals surface area (Å²) in [7, 11) is 3.53. The molecule has 3 rings (SSSR count). The number of ether oxygens (including phenoxy) is 1. The fourth-order valence-electron chi connectivity index (χ4n) is 4.60. The van der Waals surface area contributed by atoms with Crippen LogP contribution in [-0.2, 0) is 40.2 Å². The van der Waals surface area contributed by atoms with E-state index in [4.69, 9.17) is 4.74 Å². The summed E-state index contributed by atoms with van der Waals surface area (Å²) in [5.74, 6) is 0.789. The predicted octanol–water partition coefficient (Wildman–Crippen LogP) is 5.17. The fourth-order valence-corrected chi connectivity index (χ4v) is 4.60. The molecule has 0 atom stereocenters. The first kappa shape index (κ1) is 32.4. The smallest absolute Gasteiger partial charge is 0.257 e. The van der Waals surface area contributed by atoms with Crippen molar-refractivity contribution in [2.24, 2.45) is 0 Å². The van der Waals surface area contributed by atoms with Gasteiger partial charge in [0.2, 0.25) is 11.8 Å². The van der Waals surface area contributed by atoms with Gasteiger partial charge in [-0.15, -0.1) is 0 Å². The number of aryl methyl sites for hydroxylation is 3. The molecule has 0 aliphatic rings. The van der Waals surface area contributed by atoms with Gasteiger partial charge in [-0.1, -0.05) is 66.2 Å². The van der Waals surface area contributed by atoms with Crippen LogP contribution in [0, 0.1) is 6.92 Å². The van der Waals surface area contributed by atoms with Crippen molar-refractivity contribution in [2.75, 3.05) is 27.2 Å². The van der Waals surface area contributed by atoms with Crippen LogP contribution in [0.15, 0.2) is 72.8 Å². The minimum absolute atomic E-state index is 0.00463. The Balaban J connectivity index is 1.28. The molecular weight excluding hydrogens is 526 g/mol. The summed E-state index contributed by atoms with van der Waals surface area (Å²) in [5.41, 5.74) is 5.88. The van der Waals surface area contributed by atoms with Crippen LogP contribution in [0.1, 0.15) is 59.9 Å². The lowest BCUT2D eigenvalue weighted by Gasteiger charge is -2.17. The van der Waals surface area contributed by atoms with Gasteiger partial charge >= 0.3 is 0 Å². The topological polar surface area (TPSA) is 87.7 Å². The number of rotatable bonds is 17. The first-order valence-electron chi connectivity index (χ1n) is 14.9. The Morgan fingerprint density at radius 3 is 1.88 bits per heavy atom. The van der Waals surface area contributed by atoms with E-state index >= 15 is 0 Å². The highest BCUT2D eigenvalue weighted by Gasteiger charge is 2.10. The molecule has 224 valence electrons. The molecule has 0 unspecified atom stereocenters. The molecule has 42 heavy (non-hydrogen) atoms. The van der Waals surface area contributed by atoms with E-state index in [1.165, 1.54) is 11.1 Å². The SMILES string of the molecule is CNC(=O)CCCCc1ccc(CN(C)C(=O)CCCc2ccc(CCNC(=O)COc3ccc(C)cc3)cc2)cc1. The first-order chi connectivity index (χ1) is 20.3. The van der Waals surface area contributed by atoms with Gasteiger partial charge in [0, 0.05) is 40.0 Å². The molecule has 0 spiro atoms. The molecule has 0 aromatic heterocycles. The van der Waals surface area contributed by atoms with E-state index in [0.29, 0.717) is 31.7 Å². The summed E-state index contributed by atoms with van der Waals surface area (Å²) in [6.07, 6.45) is 6.30. The average Bonchev–Trinajstić information content (AvgIpc) is 3.00. The Kier molecular flexibility index (Phi) is 13.6. The van der Waals surface area contributed by atoms with Crippen molar-refractivity contribution in [3.05, 3.63) is 101 Å². The normalized spacial score (nSPS) is 10.6. The average molecular weight is 572 g/mol. The zero-order valence-electron chi connectivity index (χ0n) is 25.3. The van der Waals surface area contributed by atoms with Gasteiger partial charge in [0.25, 0.3) is 5.91 Å². The lowest BCUT2D eigenvalue weighted by molar-refractivity contribution is -0.130. The Bertz CT molecular complexity index is 1250. The third-order valence-electron chi connectivity index (χ3n) is 7.27. The molecule has 7 heteroatoms. The van der Waals surface area contributed by atoms with Gasteiger partial charge in [0.1, 0.15) is 5.75 Å². The maximum absolute atomic E-state index is 12.7. The van der Waals surface area contributed by atoms with Gasteiger partial charge in [0.05, 0.1) is 0 Å². The molecule has 0 bridgehead atoms. The Morgan fingerprint density at radius 1 is 0.690 bits per heavy atom. The van der Waals surface area contributed by atoms with E-state index in [9.17, 15) is 14.4 Å². The van der Waals surface area contributed by atoms with Gasteiger partial charge in [-0.05, 0) is 79.8 Å². The summed E-state index contributed by atoms with van der Waals surface area (Å²) in [4.78, 5) is 37.8. The van der Waals surface area contributed by atoms with Gasteiger partial charge in [0.15, 0.2) is 6.61 Å². The molecule has 0 aliphatic carbocycles. The number of carbonyl (C=O) groups excluding carboxylic acids is 3. The lowest BCUT2D eigenvalue weighted by atomic mass is 10.0. The highest BCUT2D eigenvalue weighted by atomic mass is 16.5. The van der Waals surface area contributed by atoms with Crippen LogP contribution in [0.3, 0.4) is 0 Å². The van der Waals surface area contributed by atoms with Crippen LogP contribution >= 0.6 is 0 Å². The second-order valence-electron chi connectivity index (χ2n) is 10.8. The molecule has 0 fully saturated rings. The van der Waals surface area contributed by atoms with Gasteiger partial charge in [-0.3, -0.25) is 14.4 Å². The Morgan fingerprint density at radius 2 is 1.26 bits per heavy atom. The second-order valence-corrected chi connectivity index (χ2v) is 10.8. The molecule has 3 aromatic rings. The molecule has 0 saturated heterocycles. The predicted molar refractivity (Wildman–Crippen MR) is 167 cm³/mol. The van der Waals surface area contributed by atoms with Crippen molar-refractivity contribution in [1.82, 2.24) is 15.5 Å².